The molecule has 0 atom stereocenters. The van der Waals surface area contributed by atoms with Crippen molar-refractivity contribution in [3.05, 3.63) is 60.1 Å². The van der Waals surface area contributed by atoms with Gasteiger partial charge in [0.1, 0.15) is 11.6 Å². The van der Waals surface area contributed by atoms with Crippen LogP contribution in [0.3, 0.4) is 0 Å². The van der Waals surface area contributed by atoms with Crippen LogP contribution in [0.5, 0.6) is 0 Å². The molecule has 2 aliphatic heterocycles. The maximum Gasteiger partial charge on any atom is 0.490 e. The van der Waals surface area contributed by atoms with E-state index >= 15 is 0 Å². The van der Waals surface area contributed by atoms with Gasteiger partial charge in [-0.25, -0.2) is 23.8 Å². The van der Waals surface area contributed by atoms with Gasteiger partial charge in [-0.1, -0.05) is 19.1 Å². The number of carboxylic acids is 3. The maximum absolute atomic E-state index is 13.2. The van der Waals surface area contributed by atoms with E-state index in [9.17, 15) is 43.9 Å². The van der Waals surface area contributed by atoms with Crippen molar-refractivity contribution in [1.29, 1.82) is 0 Å². The molecule has 4 heterocycles. The van der Waals surface area contributed by atoms with E-state index in [1.807, 2.05) is 36.3 Å². The Morgan fingerprint density at radius 3 is 1.65 bits per heavy atom. The zero-order valence-electron chi connectivity index (χ0n) is 26.7. The molecule has 0 aliphatic carbocycles. The second kappa shape index (κ2) is 17.0. The van der Waals surface area contributed by atoms with Crippen molar-refractivity contribution in [2.24, 2.45) is 7.05 Å². The summed E-state index contributed by atoms with van der Waals surface area (Å²) in [6.45, 7) is 8.21. The number of hydrogen-bond acceptors (Lipinski definition) is 7. The second-order valence-corrected chi connectivity index (χ2v) is 10.9. The number of halogens is 10. The number of aryl methyl sites for hydroxylation is 1. The highest BCUT2D eigenvalue weighted by atomic mass is 19.4. The van der Waals surface area contributed by atoms with Crippen LogP contribution in [0.25, 0.3) is 11.3 Å². The molecule has 1 fully saturated rings. The third-order valence-corrected chi connectivity index (χ3v) is 7.58. The Bertz CT molecular complexity index is 1550. The summed E-state index contributed by atoms with van der Waals surface area (Å²) in [5, 5.41) is 25.7. The van der Waals surface area contributed by atoms with Crippen molar-refractivity contribution < 1.29 is 73.6 Å². The predicted molar refractivity (Wildman–Crippen MR) is 155 cm³/mol. The van der Waals surface area contributed by atoms with Crippen LogP contribution in [-0.2, 0) is 40.1 Å². The number of benzene rings is 1. The number of hydrogen-bond donors (Lipinski definition) is 3. The molecule has 51 heavy (non-hydrogen) atoms. The Morgan fingerprint density at radius 1 is 0.784 bits per heavy atom. The standard InChI is InChI=1S/C23H29FN6.3C2HF3O2/c1-3-29-12-13-30-21(19-14-26-27(2)17-19)15-25-22(30)23(29)8-10-28(11-9-23)16-18-4-6-20(24)7-5-18;3*3-2(4,5)1(6)7/h4-7,14-15,17H,3,8-13,16H2,1-2H3;3*(H,6,7). The molecule has 2 aromatic heterocycles. The number of imidazole rings is 1. The number of piperidine rings is 1. The van der Waals surface area contributed by atoms with E-state index in [4.69, 9.17) is 34.7 Å². The van der Waals surface area contributed by atoms with Gasteiger partial charge in [0.2, 0.25) is 0 Å². The van der Waals surface area contributed by atoms with Gasteiger partial charge in [-0.3, -0.25) is 14.5 Å². The van der Waals surface area contributed by atoms with E-state index < -0.39 is 36.4 Å². The van der Waals surface area contributed by atoms with E-state index in [0.29, 0.717) is 0 Å². The van der Waals surface area contributed by atoms with Gasteiger partial charge in [0.05, 0.1) is 23.6 Å². The summed E-state index contributed by atoms with van der Waals surface area (Å²) in [6.07, 6.45) is -7.11. The minimum atomic E-state index is -5.08. The first-order valence-electron chi connectivity index (χ1n) is 14.6. The molecule has 0 bridgehead atoms. The third kappa shape index (κ3) is 11.9. The molecule has 3 N–H and O–H groups in total. The van der Waals surface area contributed by atoms with Gasteiger partial charge in [0, 0.05) is 51.5 Å². The molecule has 3 aromatic rings. The van der Waals surface area contributed by atoms with Crippen LogP contribution in [0.15, 0.2) is 42.9 Å². The van der Waals surface area contributed by atoms with E-state index in [1.54, 1.807) is 12.1 Å². The summed E-state index contributed by atoms with van der Waals surface area (Å²) in [6, 6.07) is 6.89. The van der Waals surface area contributed by atoms with E-state index in [-0.39, 0.29) is 11.4 Å². The SMILES string of the molecule is CCN1CCn2c(-c3cnn(C)c3)cnc2C12CCN(Cc1ccc(F)cc1)CC2.O=C(O)C(F)(F)F.O=C(O)C(F)(F)F.O=C(O)C(F)(F)F. The zero-order chi connectivity index (χ0) is 38.9. The molecule has 284 valence electrons. The molecule has 0 amide bonds. The minimum Gasteiger partial charge on any atom is -0.475 e. The molecule has 1 saturated heterocycles. The average Bonchev–Trinajstić information content (AvgIpc) is 3.66. The molecule has 1 aromatic carbocycles. The van der Waals surface area contributed by atoms with Crippen molar-refractivity contribution in [2.45, 2.75) is 56.9 Å². The second-order valence-electron chi connectivity index (χ2n) is 10.9. The highest BCUT2D eigenvalue weighted by molar-refractivity contribution is 5.73. The topological polar surface area (TPSA) is 154 Å². The molecule has 0 radical (unpaired) electrons. The number of likely N-dealkylation sites (tertiary alicyclic amines) is 1. The monoisotopic (exact) mass is 750 g/mol. The first-order valence-corrected chi connectivity index (χ1v) is 14.6. The van der Waals surface area contributed by atoms with Gasteiger partial charge in [0.15, 0.2) is 0 Å². The number of carboxylic acid groups (broad SMARTS) is 3. The fourth-order valence-electron chi connectivity index (χ4n) is 5.26. The zero-order valence-corrected chi connectivity index (χ0v) is 26.7. The lowest BCUT2D eigenvalue weighted by Gasteiger charge is -2.50. The van der Waals surface area contributed by atoms with Crippen molar-refractivity contribution in [3.8, 4) is 11.3 Å². The lowest BCUT2D eigenvalue weighted by molar-refractivity contribution is -0.193. The molecular weight excluding hydrogens is 718 g/mol. The van der Waals surface area contributed by atoms with Crippen molar-refractivity contribution >= 4 is 17.9 Å². The Morgan fingerprint density at radius 2 is 1.25 bits per heavy atom. The smallest absolute Gasteiger partial charge is 0.475 e. The highest BCUT2D eigenvalue weighted by Crippen LogP contribution is 2.42. The van der Waals surface area contributed by atoms with Gasteiger partial charge in [-0.05, 0) is 37.1 Å². The quantitative estimate of drug-likeness (QED) is 0.305. The largest absolute Gasteiger partial charge is 0.490 e. The molecule has 12 nitrogen and oxygen atoms in total. The number of carbonyl (C=O) groups is 3. The van der Waals surface area contributed by atoms with Crippen molar-refractivity contribution in [3.63, 3.8) is 0 Å². The highest BCUT2D eigenvalue weighted by Gasteiger charge is 2.46. The first kappa shape index (κ1) is 42.4. The van der Waals surface area contributed by atoms with Gasteiger partial charge >= 0.3 is 36.4 Å². The number of fused-ring (bicyclic) bond motifs is 2. The fraction of sp³-hybridized carbons (Fsp3) is 0.483. The Hall–Kier alpha value is -4.73. The first-order chi connectivity index (χ1) is 23.4. The van der Waals surface area contributed by atoms with Crippen LogP contribution in [0.2, 0.25) is 0 Å². The van der Waals surface area contributed by atoms with Crippen LogP contribution in [0, 0.1) is 5.82 Å². The van der Waals surface area contributed by atoms with Crippen LogP contribution < -0.4 is 0 Å². The lowest BCUT2D eigenvalue weighted by atomic mass is 9.83. The predicted octanol–water partition coefficient (Wildman–Crippen LogP) is 5.15. The number of aromatic nitrogens is 4. The summed E-state index contributed by atoms with van der Waals surface area (Å²) >= 11 is 0. The van der Waals surface area contributed by atoms with Gasteiger partial charge < -0.3 is 19.9 Å². The summed E-state index contributed by atoms with van der Waals surface area (Å²) in [4.78, 5) is 36.8. The van der Waals surface area contributed by atoms with Crippen LogP contribution in [0.1, 0.15) is 31.2 Å². The van der Waals surface area contributed by atoms with Crippen LogP contribution >= 0.6 is 0 Å². The third-order valence-electron chi connectivity index (χ3n) is 7.58. The summed E-state index contributed by atoms with van der Waals surface area (Å²) in [7, 11) is 1.95. The average molecular weight is 751 g/mol. The van der Waals surface area contributed by atoms with Gasteiger partial charge in [-0.15, -0.1) is 0 Å². The Labute approximate surface area is 282 Å². The van der Waals surface area contributed by atoms with Crippen LogP contribution in [-0.4, -0.2) is 107 Å². The number of aliphatic carboxylic acids is 3. The van der Waals surface area contributed by atoms with Gasteiger partial charge in [0.25, 0.3) is 0 Å². The fourth-order valence-corrected chi connectivity index (χ4v) is 5.26. The summed E-state index contributed by atoms with van der Waals surface area (Å²) in [5.74, 6) is -7.24. The Kier molecular flexibility index (Phi) is 14.1. The lowest BCUT2D eigenvalue weighted by Crippen LogP contribution is -2.57. The van der Waals surface area contributed by atoms with E-state index in [1.165, 1.54) is 17.1 Å². The van der Waals surface area contributed by atoms with Crippen molar-refractivity contribution in [2.75, 3.05) is 26.2 Å². The van der Waals surface area contributed by atoms with E-state index in [0.717, 1.165) is 57.7 Å². The van der Waals surface area contributed by atoms with Crippen LogP contribution in [0.4, 0.5) is 43.9 Å². The summed E-state index contributed by atoms with van der Waals surface area (Å²) in [5.41, 5.74) is 3.46. The van der Waals surface area contributed by atoms with Gasteiger partial charge in [-0.2, -0.15) is 44.6 Å². The van der Waals surface area contributed by atoms with Crippen molar-refractivity contribution in [1.82, 2.24) is 29.1 Å². The summed E-state index contributed by atoms with van der Waals surface area (Å²) < 4.78 is 113. The normalized spacial score (nSPS) is 16.0. The van der Waals surface area contributed by atoms with E-state index in [2.05, 4.69) is 32.6 Å². The molecule has 0 saturated carbocycles. The molecule has 1 spiro atoms. The molecule has 2 aliphatic rings. The molecule has 22 heteroatoms. The number of rotatable bonds is 4. The number of alkyl halides is 9. The Balaban J connectivity index is 0.000000352. The number of nitrogens with zero attached hydrogens (tertiary/aromatic N) is 6. The maximum atomic E-state index is 13.2. The molecule has 5 rings (SSSR count). The molecule has 0 unspecified atom stereocenters. The number of likely N-dealkylation sites (N-methyl/N-ethyl adjacent to an activating group) is 1. The minimum absolute atomic E-state index is 0.00719. The molecular formula is C29H32F10N6O6.